The van der Waals surface area contributed by atoms with Crippen molar-refractivity contribution in [3.05, 3.63) is 36.5 Å². The van der Waals surface area contributed by atoms with Crippen molar-refractivity contribution >= 4 is 5.97 Å². The van der Waals surface area contributed by atoms with Gasteiger partial charge >= 0.3 is 0 Å². The Labute approximate surface area is 149 Å². The molecule has 0 aliphatic rings. The van der Waals surface area contributed by atoms with Crippen molar-refractivity contribution in [3.63, 3.8) is 0 Å². The third-order valence-electron chi connectivity index (χ3n) is 4.28. The maximum atomic E-state index is 10.8. The monoisotopic (exact) mass is 333 g/mol. The van der Waals surface area contributed by atoms with Crippen LogP contribution >= 0.6 is 0 Å². The van der Waals surface area contributed by atoms with E-state index in [4.69, 9.17) is 0 Å². The average molecular weight is 334 g/mol. The third kappa shape index (κ3) is 15.6. The van der Waals surface area contributed by atoms with Crippen LogP contribution < -0.4 is 5.11 Å². The molecule has 0 heterocycles. The Morgan fingerprint density at radius 1 is 0.792 bits per heavy atom. The van der Waals surface area contributed by atoms with Gasteiger partial charge in [-0.3, -0.25) is 0 Å². The lowest BCUT2D eigenvalue weighted by Crippen LogP contribution is -2.30. The first-order valence-electron chi connectivity index (χ1n) is 9.88. The van der Waals surface area contributed by atoms with Crippen LogP contribution in [0.25, 0.3) is 0 Å². The van der Waals surface area contributed by atoms with Gasteiger partial charge in [0.2, 0.25) is 0 Å². The van der Waals surface area contributed by atoms with Crippen molar-refractivity contribution in [2.24, 2.45) is 5.92 Å². The maximum Gasteiger partial charge on any atom is 0.0445 e. The van der Waals surface area contributed by atoms with Gasteiger partial charge in [0.05, 0.1) is 0 Å². The second-order valence-electron chi connectivity index (χ2n) is 6.42. The van der Waals surface area contributed by atoms with Gasteiger partial charge < -0.3 is 9.90 Å². The zero-order valence-electron chi connectivity index (χ0n) is 15.8. The summed E-state index contributed by atoms with van der Waals surface area (Å²) in [7, 11) is 0. The van der Waals surface area contributed by atoms with E-state index in [-0.39, 0.29) is 5.92 Å². The number of carbonyl (C=O) groups is 1. The van der Waals surface area contributed by atoms with Gasteiger partial charge in [0.15, 0.2) is 0 Å². The first kappa shape index (κ1) is 22.7. The maximum absolute atomic E-state index is 10.8. The fourth-order valence-electron chi connectivity index (χ4n) is 2.68. The van der Waals surface area contributed by atoms with Crippen molar-refractivity contribution in [1.82, 2.24) is 0 Å². The molecule has 0 N–H and O–H groups in total. The summed E-state index contributed by atoms with van der Waals surface area (Å²) in [5, 5.41) is 10.8. The van der Waals surface area contributed by atoms with Crippen LogP contribution in [0.15, 0.2) is 36.5 Å². The average Bonchev–Trinajstić information content (AvgIpc) is 2.57. The zero-order valence-corrected chi connectivity index (χ0v) is 15.8. The highest BCUT2D eigenvalue weighted by molar-refractivity contribution is 5.67. The van der Waals surface area contributed by atoms with Gasteiger partial charge in [-0.05, 0) is 50.9 Å². The Balaban J connectivity index is 3.34. The van der Waals surface area contributed by atoms with Crippen LogP contribution in [0.4, 0.5) is 0 Å². The molecule has 0 rings (SSSR count). The van der Waals surface area contributed by atoms with Crippen LogP contribution in [0.2, 0.25) is 0 Å². The van der Waals surface area contributed by atoms with Crippen LogP contribution in [0.3, 0.4) is 0 Å². The first-order chi connectivity index (χ1) is 11.7. The Kier molecular flexibility index (Phi) is 17.1. The van der Waals surface area contributed by atoms with E-state index in [1.165, 1.54) is 32.1 Å². The van der Waals surface area contributed by atoms with E-state index in [0.29, 0.717) is 6.42 Å². The molecule has 0 aromatic carbocycles. The highest BCUT2D eigenvalue weighted by Crippen LogP contribution is 2.15. The van der Waals surface area contributed by atoms with E-state index in [0.717, 1.165) is 38.5 Å². The molecule has 0 aromatic heterocycles. The number of hydrogen-bond donors (Lipinski definition) is 0. The highest BCUT2D eigenvalue weighted by Gasteiger charge is 2.06. The van der Waals surface area contributed by atoms with E-state index < -0.39 is 5.97 Å². The van der Waals surface area contributed by atoms with E-state index in [1.807, 2.05) is 6.92 Å². The van der Waals surface area contributed by atoms with E-state index in [2.05, 4.69) is 43.4 Å². The SMILES string of the molecule is CC/C=C\C/C=C\C/C=C\CCCCCCCCC(CC)C(=O)[O-]. The lowest BCUT2D eigenvalue weighted by Gasteiger charge is -2.15. The predicted molar refractivity (Wildman–Crippen MR) is 103 cm³/mol. The van der Waals surface area contributed by atoms with Crippen LogP contribution in [0, 0.1) is 5.92 Å². The molecular formula is C22H37O2-. The summed E-state index contributed by atoms with van der Waals surface area (Å²) in [6, 6.07) is 0. The molecule has 0 aromatic rings. The lowest BCUT2D eigenvalue weighted by atomic mass is 9.98. The van der Waals surface area contributed by atoms with Gasteiger partial charge in [-0.25, -0.2) is 0 Å². The zero-order chi connectivity index (χ0) is 17.9. The normalized spacial score (nSPS) is 13.4. The molecule has 1 atom stereocenters. The number of carboxylic acids is 1. The van der Waals surface area contributed by atoms with Gasteiger partial charge in [0.25, 0.3) is 0 Å². The minimum Gasteiger partial charge on any atom is -0.550 e. The summed E-state index contributed by atoms with van der Waals surface area (Å²) in [6.07, 6.45) is 26.4. The van der Waals surface area contributed by atoms with Crippen molar-refractivity contribution in [3.8, 4) is 0 Å². The largest absolute Gasteiger partial charge is 0.550 e. The molecule has 138 valence electrons. The second-order valence-corrected chi connectivity index (χ2v) is 6.42. The van der Waals surface area contributed by atoms with Gasteiger partial charge in [0, 0.05) is 5.97 Å². The predicted octanol–water partition coefficient (Wildman–Crippen LogP) is 5.74. The van der Waals surface area contributed by atoms with Crippen LogP contribution in [0.5, 0.6) is 0 Å². The number of rotatable bonds is 16. The van der Waals surface area contributed by atoms with Crippen molar-refractivity contribution in [2.45, 2.75) is 90.9 Å². The minimum atomic E-state index is -0.878. The molecule has 24 heavy (non-hydrogen) atoms. The van der Waals surface area contributed by atoms with Crippen LogP contribution in [-0.4, -0.2) is 5.97 Å². The molecule has 0 aliphatic heterocycles. The summed E-state index contributed by atoms with van der Waals surface area (Å²) in [5.41, 5.74) is 0. The number of hydrogen-bond acceptors (Lipinski definition) is 2. The topological polar surface area (TPSA) is 40.1 Å². The molecular weight excluding hydrogens is 296 g/mol. The molecule has 0 spiro atoms. The fourth-order valence-corrected chi connectivity index (χ4v) is 2.68. The first-order valence-corrected chi connectivity index (χ1v) is 9.88. The van der Waals surface area contributed by atoms with E-state index >= 15 is 0 Å². The molecule has 0 amide bonds. The Bertz CT molecular complexity index is 366. The molecule has 0 saturated heterocycles. The number of allylic oxidation sites excluding steroid dienone is 6. The van der Waals surface area contributed by atoms with E-state index in [9.17, 15) is 9.90 Å². The molecule has 0 radical (unpaired) electrons. The Hall–Kier alpha value is -1.31. The summed E-state index contributed by atoms with van der Waals surface area (Å²) in [6.45, 7) is 4.08. The third-order valence-corrected chi connectivity index (χ3v) is 4.28. The molecule has 2 heteroatoms. The lowest BCUT2D eigenvalue weighted by molar-refractivity contribution is -0.311. The smallest absolute Gasteiger partial charge is 0.0445 e. The van der Waals surface area contributed by atoms with Gasteiger partial charge in [-0.1, -0.05) is 82.4 Å². The minimum absolute atomic E-state index is 0.244. The molecule has 0 bridgehead atoms. The Morgan fingerprint density at radius 2 is 1.33 bits per heavy atom. The van der Waals surface area contributed by atoms with Crippen LogP contribution in [0.1, 0.15) is 90.9 Å². The van der Waals surface area contributed by atoms with Gasteiger partial charge in [0.1, 0.15) is 0 Å². The second kappa shape index (κ2) is 18.0. The molecule has 1 unspecified atom stereocenters. The molecule has 0 fully saturated rings. The van der Waals surface area contributed by atoms with Crippen LogP contribution in [-0.2, 0) is 4.79 Å². The van der Waals surface area contributed by atoms with E-state index in [1.54, 1.807) is 0 Å². The Morgan fingerprint density at radius 3 is 1.92 bits per heavy atom. The van der Waals surface area contributed by atoms with Gasteiger partial charge in [-0.15, -0.1) is 0 Å². The molecule has 0 aliphatic carbocycles. The standard InChI is InChI=1S/C22H38O2/c1-3-5-6-7-8-9-10-11-12-13-14-15-16-17-18-19-20-21(4-2)22(23)24/h5-6,8-9,11-12,21H,3-4,7,10,13-20H2,1-2H3,(H,23,24)/p-1/b6-5-,9-8-,12-11-. The summed E-state index contributed by atoms with van der Waals surface area (Å²) < 4.78 is 0. The number of unbranched alkanes of at least 4 members (excludes halogenated alkanes) is 6. The molecule has 2 nitrogen and oxygen atoms in total. The quantitative estimate of drug-likeness (QED) is 0.267. The van der Waals surface area contributed by atoms with Gasteiger partial charge in [-0.2, -0.15) is 0 Å². The van der Waals surface area contributed by atoms with Crippen molar-refractivity contribution in [1.29, 1.82) is 0 Å². The summed E-state index contributed by atoms with van der Waals surface area (Å²) >= 11 is 0. The summed E-state index contributed by atoms with van der Waals surface area (Å²) in [4.78, 5) is 10.8. The van der Waals surface area contributed by atoms with Crippen molar-refractivity contribution in [2.75, 3.05) is 0 Å². The fraction of sp³-hybridized carbons (Fsp3) is 0.682. The number of carbonyl (C=O) groups excluding carboxylic acids is 1. The highest BCUT2D eigenvalue weighted by atomic mass is 16.4. The summed E-state index contributed by atoms with van der Waals surface area (Å²) in [5.74, 6) is -1.12. The van der Waals surface area contributed by atoms with Crippen molar-refractivity contribution < 1.29 is 9.90 Å². The number of carboxylic acid groups (broad SMARTS) is 1. The molecule has 0 saturated carbocycles. The number of aliphatic carboxylic acids is 1.